The maximum absolute atomic E-state index is 5.79. The van der Waals surface area contributed by atoms with Crippen LogP contribution < -0.4 is 5.32 Å². The Hall–Kier alpha value is -0.900. The van der Waals surface area contributed by atoms with E-state index in [9.17, 15) is 0 Å². The Balaban J connectivity index is 2.11. The summed E-state index contributed by atoms with van der Waals surface area (Å²) in [6, 6.07) is 11.7. The van der Waals surface area contributed by atoms with Crippen molar-refractivity contribution in [3.8, 4) is 0 Å². The van der Waals surface area contributed by atoms with E-state index in [2.05, 4.69) is 61.3 Å². The summed E-state index contributed by atoms with van der Waals surface area (Å²) in [4.78, 5) is 2.58. The molecule has 2 rings (SSSR count). The monoisotopic (exact) mass is 290 g/mol. The molecule has 3 nitrogen and oxygen atoms in total. The summed E-state index contributed by atoms with van der Waals surface area (Å²) >= 11 is 0. The molecule has 0 amide bonds. The second-order valence-corrected chi connectivity index (χ2v) is 6.11. The smallest absolute Gasteiger partial charge is 0.0674 e. The molecule has 0 radical (unpaired) electrons. The molecule has 1 saturated heterocycles. The molecule has 0 bridgehead atoms. The Morgan fingerprint density at radius 2 is 2.10 bits per heavy atom. The van der Waals surface area contributed by atoms with Crippen molar-refractivity contribution < 1.29 is 4.74 Å². The molecule has 0 aliphatic carbocycles. The first-order chi connectivity index (χ1) is 10.2. The second-order valence-electron chi connectivity index (χ2n) is 6.11. The minimum absolute atomic E-state index is 0.331. The van der Waals surface area contributed by atoms with E-state index in [1.54, 1.807) is 0 Å². The molecule has 1 fully saturated rings. The molecule has 1 N–H and O–H groups in total. The first-order valence-electron chi connectivity index (χ1n) is 8.36. The van der Waals surface area contributed by atoms with Crippen molar-refractivity contribution in [3.63, 3.8) is 0 Å². The Labute approximate surface area is 129 Å². The Kier molecular flexibility index (Phi) is 6.68. The molecule has 1 heterocycles. The van der Waals surface area contributed by atoms with Crippen LogP contribution in [-0.2, 0) is 4.74 Å². The lowest BCUT2D eigenvalue weighted by Gasteiger charge is -2.35. The zero-order valence-corrected chi connectivity index (χ0v) is 13.7. The highest BCUT2D eigenvalue weighted by Crippen LogP contribution is 2.23. The highest BCUT2D eigenvalue weighted by molar-refractivity contribution is 5.20. The maximum atomic E-state index is 5.79. The molecule has 0 spiro atoms. The van der Waals surface area contributed by atoms with Gasteiger partial charge in [0.2, 0.25) is 0 Å². The Bertz CT molecular complexity index is 395. The second kappa shape index (κ2) is 8.52. The van der Waals surface area contributed by atoms with Crippen molar-refractivity contribution in [2.75, 3.05) is 26.2 Å². The molecule has 3 heteroatoms. The summed E-state index contributed by atoms with van der Waals surface area (Å²) in [7, 11) is 0. The molecule has 21 heavy (non-hydrogen) atoms. The van der Waals surface area contributed by atoms with Gasteiger partial charge in [-0.1, -0.05) is 37.3 Å². The fourth-order valence-electron chi connectivity index (χ4n) is 3.13. The van der Waals surface area contributed by atoms with Crippen molar-refractivity contribution in [1.29, 1.82) is 0 Å². The minimum atomic E-state index is 0.331. The fraction of sp³-hybridized carbons (Fsp3) is 0.667. The lowest BCUT2D eigenvalue weighted by molar-refractivity contribution is 0.0581. The number of benzene rings is 1. The van der Waals surface area contributed by atoms with E-state index in [1.165, 1.54) is 5.56 Å². The third-order valence-electron chi connectivity index (χ3n) is 4.31. The first kappa shape index (κ1) is 16.5. The van der Waals surface area contributed by atoms with Crippen LogP contribution in [0.15, 0.2) is 30.3 Å². The lowest BCUT2D eigenvalue weighted by atomic mass is 9.98. The van der Waals surface area contributed by atoms with Crippen LogP contribution in [0.1, 0.15) is 45.2 Å². The molecule has 0 saturated carbocycles. The summed E-state index contributed by atoms with van der Waals surface area (Å²) in [5.41, 5.74) is 1.39. The van der Waals surface area contributed by atoms with Crippen molar-refractivity contribution in [3.05, 3.63) is 35.9 Å². The average molecular weight is 290 g/mol. The Morgan fingerprint density at radius 3 is 2.81 bits per heavy atom. The SMILES string of the molecule is CCCNC(c1ccccc1)C(C)N1CCCOC(C)C1. The first-order valence-corrected chi connectivity index (χ1v) is 8.36. The molecule has 1 aliphatic rings. The molecular formula is C18H30N2O. The quantitative estimate of drug-likeness (QED) is 0.870. The lowest BCUT2D eigenvalue weighted by Crippen LogP contribution is -2.45. The minimum Gasteiger partial charge on any atom is -0.377 e. The molecule has 3 atom stereocenters. The summed E-state index contributed by atoms with van der Waals surface area (Å²) < 4.78 is 5.79. The van der Waals surface area contributed by atoms with Crippen molar-refractivity contribution >= 4 is 0 Å². The van der Waals surface area contributed by atoms with E-state index in [0.717, 1.165) is 39.1 Å². The van der Waals surface area contributed by atoms with Crippen LogP contribution in [-0.4, -0.2) is 43.3 Å². The molecule has 118 valence electrons. The van der Waals surface area contributed by atoms with Gasteiger partial charge >= 0.3 is 0 Å². The van der Waals surface area contributed by atoms with Gasteiger partial charge in [-0.05, 0) is 38.8 Å². The van der Waals surface area contributed by atoms with Gasteiger partial charge in [-0.25, -0.2) is 0 Å². The van der Waals surface area contributed by atoms with Gasteiger partial charge in [-0.2, -0.15) is 0 Å². The predicted molar refractivity (Wildman–Crippen MR) is 88.5 cm³/mol. The van der Waals surface area contributed by atoms with Crippen molar-refractivity contribution in [1.82, 2.24) is 10.2 Å². The van der Waals surface area contributed by atoms with Crippen LogP contribution in [0, 0.1) is 0 Å². The zero-order valence-electron chi connectivity index (χ0n) is 13.7. The topological polar surface area (TPSA) is 24.5 Å². The van der Waals surface area contributed by atoms with E-state index in [1.807, 2.05) is 0 Å². The molecule has 1 aromatic rings. The zero-order chi connectivity index (χ0) is 15.1. The van der Waals surface area contributed by atoms with E-state index < -0.39 is 0 Å². The van der Waals surface area contributed by atoms with Crippen LogP contribution in [0.25, 0.3) is 0 Å². The van der Waals surface area contributed by atoms with E-state index in [-0.39, 0.29) is 0 Å². The highest BCUT2D eigenvalue weighted by Gasteiger charge is 2.26. The summed E-state index contributed by atoms with van der Waals surface area (Å²) in [5, 5.41) is 3.74. The molecule has 1 aliphatic heterocycles. The number of rotatable bonds is 6. The normalized spacial score (nSPS) is 23.5. The average Bonchev–Trinajstić information content (AvgIpc) is 2.73. The van der Waals surface area contributed by atoms with Crippen LogP contribution >= 0.6 is 0 Å². The largest absolute Gasteiger partial charge is 0.377 e. The highest BCUT2D eigenvalue weighted by atomic mass is 16.5. The molecule has 0 aromatic heterocycles. The van der Waals surface area contributed by atoms with E-state index in [4.69, 9.17) is 4.74 Å². The summed E-state index contributed by atoms with van der Waals surface area (Å²) in [6.07, 6.45) is 2.62. The van der Waals surface area contributed by atoms with Gasteiger partial charge in [0.05, 0.1) is 6.10 Å². The van der Waals surface area contributed by atoms with Crippen molar-refractivity contribution in [2.45, 2.75) is 51.8 Å². The predicted octanol–water partition coefficient (Wildman–Crippen LogP) is 3.23. The summed E-state index contributed by atoms with van der Waals surface area (Å²) in [5.74, 6) is 0. The van der Waals surface area contributed by atoms with Gasteiger partial charge < -0.3 is 10.1 Å². The number of ether oxygens (including phenoxy) is 1. The van der Waals surface area contributed by atoms with Gasteiger partial charge in [0.1, 0.15) is 0 Å². The van der Waals surface area contributed by atoms with Crippen LogP contribution in [0.3, 0.4) is 0 Å². The van der Waals surface area contributed by atoms with Crippen LogP contribution in [0.4, 0.5) is 0 Å². The van der Waals surface area contributed by atoms with Crippen LogP contribution in [0.5, 0.6) is 0 Å². The maximum Gasteiger partial charge on any atom is 0.0674 e. The third-order valence-corrected chi connectivity index (χ3v) is 4.31. The third kappa shape index (κ3) is 4.80. The molecule has 1 aromatic carbocycles. The number of nitrogens with one attached hydrogen (secondary N) is 1. The van der Waals surface area contributed by atoms with E-state index in [0.29, 0.717) is 18.2 Å². The molecular weight excluding hydrogens is 260 g/mol. The van der Waals surface area contributed by atoms with Gasteiger partial charge in [0.25, 0.3) is 0 Å². The number of nitrogens with zero attached hydrogens (tertiary/aromatic N) is 1. The van der Waals surface area contributed by atoms with Gasteiger partial charge in [0, 0.05) is 31.8 Å². The standard InChI is InChI=1S/C18H30N2O/c1-4-11-19-18(17-9-6-5-7-10-17)16(3)20-12-8-13-21-15(2)14-20/h5-7,9-10,15-16,18-19H,4,8,11-14H2,1-3H3. The van der Waals surface area contributed by atoms with Gasteiger partial charge in [0.15, 0.2) is 0 Å². The molecule has 3 unspecified atom stereocenters. The van der Waals surface area contributed by atoms with Gasteiger partial charge in [-0.3, -0.25) is 4.90 Å². The van der Waals surface area contributed by atoms with Crippen LogP contribution in [0.2, 0.25) is 0 Å². The summed E-state index contributed by atoms with van der Waals surface area (Å²) in [6.45, 7) is 10.9. The Morgan fingerprint density at radius 1 is 1.33 bits per heavy atom. The van der Waals surface area contributed by atoms with Gasteiger partial charge in [-0.15, -0.1) is 0 Å². The fourth-order valence-corrected chi connectivity index (χ4v) is 3.13. The number of hydrogen-bond acceptors (Lipinski definition) is 3. The van der Waals surface area contributed by atoms with Crippen molar-refractivity contribution in [2.24, 2.45) is 0 Å². The number of hydrogen-bond donors (Lipinski definition) is 1. The van der Waals surface area contributed by atoms with E-state index >= 15 is 0 Å².